The van der Waals surface area contributed by atoms with E-state index in [1.54, 1.807) is 49.7 Å². The first-order valence-corrected chi connectivity index (χ1v) is 12.1. The fraction of sp³-hybridized carbons (Fsp3) is 0.115. The topological polar surface area (TPSA) is 126 Å². The molecule has 0 aliphatic carbocycles. The number of aromatic nitrogens is 2. The SMILES string of the molecule is COc1cccc(CNC(=O)c2ccc(-c3ccnc(Nc4ccc(N5C(=O)CNC5=O)cc4)n3)s2)c1. The average Bonchev–Trinajstić information content (AvgIpc) is 3.55. The maximum atomic E-state index is 12.7. The van der Waals surface area contributed by atoms with Gasteiger partial charge in [-0.2, -0.15) is 0 Å². The lowest BCUT2D eigenvalue weighted by atomic mass is 10.2. The molecule has 10 nitrogen and oxygen atoms in total. The molecule has 1 fully saturated rings. The Morgan fingerprint density at radius 2 is 1.95 bits per heavy atom. The molecule has 0 unspecified atom stereocenters. The zero-order valence-corrected chi connectivity index (χ0v) is 20.5. The molecule has 1 saturated heterocycles. The summed E-state index contributed by atoms with van der Waals surface area (Å²) in [6.45, 7) is 0.383. The molecule has 3 N–H and O–H groups in total. The number of ether oxygens (including phenoxy) is 1. The number of nitrogens with one attached hydrogen (secondary N) is 3. The lowest BCUT2D eigenvalue weighted by Gasteiger charge is -2.13. The van der Waals surface area contributed by atoms with Crippen molar-refractivity contribution < 1.29 is 19.1 Å². The van der Waals surface area contributed by atoms with Crippen LogP contribution < -0.4 is 25.6 Å². The van der Waals surface area contributed by atoms with E-state index < -0.39 is 6.03 Å². The lowest BCUT2D eigenvalue weighted by molar-refractivity contribution is -0.115. The van der Waals surface area contributed by atoms with E-state index >= 15 is 0 Å². The van der Waals surface area contributed by atoms with Crippen molar-refractivity contribution >= 4 is 46.5 Å². The Morgan fingerprint density at radius 1 is 1.11 bits per heavy atom. The molecule has 0 atom stereocenters. The van der Waals surface area contributed by atoms with Crippen molar-refractivity contribution in [1.82, 2.24) is 20.6 Å². The van der Waals surface area contributed by atoms with Gasteiger partial charge in [-0.25, -0.2) is 19.7 Å². The van der Waals surface area contributed by atoms with Crippen LogP contribution in [0.15, 0.2) is 72.9 Å². The minimum absolute atomic E-state index is 0.00614. The first-order valence-electron chi connectivity index (χ1n) is 11.3. The molecule has 11 heteroatoms. The Labute approximate surface area is 216 Å². The predicted molar refractivity (Wildman–Crippen MR) is 140 cm³/mol. The molecule has 4 amide bonds. The van der Waals surface area contributed by atoms with Crippen LogP contribution in [0, 0.1) is 0 Å². The summed E-state index contributed by atoms with van der Waals surface area (Å²) in [5.74, 6) is 0.642. The first kappa shape index (κ1) is 23.9. The Bertz CT molecular complexity index is 1450. The number of amides is 4. The van der Waals surface area contributed by atoms with Crippen LogP contribution in [0.1, 0.15) is 15.2 Å². The minimum Gasteiger partial charge on any atom is -0.497 e. The quantitative estimate of drug-likeness (QED) is 0.304. The molecule has 0 radical (unpaired) electrons. The first-order chi connectivity index (χ1) is 18.0. The third-order valence-corrected chi connectivity index (χ3v) is 6.66. The summed E-state index contributed by atoms with van der Waals surface area (Å²) in [5, 5.41) is 8.54. The predicted octanol–water partition coefficient (Wildman–Crippen LogP) is 3.94. The Kier molecular flexibility index (Phi) is 6.77. The van der Waals surface area contributed by atoms with Gasteiger partial charge in [-0.15, -0.1) is 11.3 Å². The Hall–Kier alpha value is -4.77. The molecule has 2 aromatic heterocycles. The molecule has 2 aromatic carbocycles. The highest BCUT2D eigenvalue weighted by atomic mass is 32.1. The maximum absolute atomic E-state index is 12.7. The van der Waals surface area contributed by atoms with Crippen molar-refractivity contribution in [1.29, 1.82) is 0 Å². The summed E-state index contributed by atoms with van der Waals surface area (Å²) >= 11 is 1.34. The second kappa shape index (κ2) is 10.5. The number of carbonyl (C=O) groups is 3. The van der Waals surface area contributed by atoms with Gasteiger partial charge in [0.1, 0.15) is 5.75 Å². The molecular weight excluding hydrogens is 492 g/mol. The van der Waals surface area contributed by atoms with Gasteiger partial charge in [-0.1, -0.05) is 12.1 Å². The number of thiophene rings is 1. The van der Waals surface area contributed by atoms with Crippen LogP contribution in [0.4, 0.5) is 22.1 Å². The monoisotopic (exact) mass is 514 g/mol. The van der Waals surface area contributed by atoms with Gasteiger partial charge in [0, 0.05) is 18.4 Å². The van der Waals surface area contributed by atoms with Crippen LogP contribution in [-0.4, -0.2) is 41.5 Å². The number of rotatable bonds is 8. The number of urea groups is 1. The fourth-order valence-electron chi connectivity index (χ4n) is 3.71. The van der Waals surface area contributed by atoms with Gasteiger partial charge in [-0.05, 0) is 60.2 Å². The number of imide groups is 1. The number of nitrogens with zero attached hydrogens (tertiary/aromatic N) is 3. The van der Waals surface area contributed by atoms with E-state index in [-0.39, 0.29) is 18.4 Å². The van der Waals surface area contributed by atoms with E-state index in [0.29, 0.717) is 34.4 Å². The van der Waals surface area contributed by atoms with Crippen LogP contribution in [0.3, 0.4) is 0 Å². The number of anilines is 3. The van der Waals surface area contributed by atoms with Gasteiger partial charge in [-0.3, -0.25) is 9.59 Å². The number of benzene rings is 2. The molecule has 0 bridgehead atoms. The van der Waals surface area contributed by atoms with E-state index in [4.69, 9.17) is 4.74 Å². The molecule has 5 rings (SSSR count). The van der Waals surface area contributed by atoms with Crippen molar-refractivity contribution in [2.45, 2.75) is 6.54 Å². The third-order valence-electron chi connectivity index (χ3n) is 5.55. The molecule has 1 aliphatic rings. The zero-order chi connectivity index (χ0) is 25.8. The van der Waals surface area contributed by atoms with Gasteiger partial charge in [0.2, 0.25) is 5.95 Å². The van der Waals surface area contributed by atoms with Gasteiger partial charge in [0.25, 0.3) is 11.8 Å². The molecule has 37 heavy (non-hydrogen) atoms. The molecule has 0 spiro atoms. The van der Waals surface area contributed by atoms with E-state index in [1.165, 1.54) is 11.3 Å². The van der Waals surface area contributed by atoms with Crippen LogP contribution >= 0.6 is 11.3 Å². The van der Waals surface area contributed by atoms with E-state index in [1.807, 2.05) is 30.3 Å². The molecule has 186 valence electrons. The number of hydrogen-bond acceptors (Lipinski definition) is 8. The molecule has 1 aliphatic heterocycles. The molecule has 4 aromatic rings. The van der Waals surface area contributed by atoms with Crippen LogP contribution in [0.2, 0.25) is 0 Å². The van der Waals surface area contributed by atoms with Gasteiger partial charge < -0.3 is 20.7 Å². The summed E-state index contributed by atoms with van der Waals surface area (Å²) in [5.41, 5.74) is 2.79. The number of carbonyl (C=O) groups excluding carboxylic acids is 3. The van der Waals surface area contributed by atoms with Crippen molar-refractivity contribution in [3.63, 3.8) is 0 Å². The summed E-state index contributed by atoms with van der Waals surface area (Å²) in [7, 11) is 1.61. The van der Waals surface area contributed by atoms with Crippen molar-refractivity contribution in [3.05, 3.63) is 83.4 Å². The zero-order valence-electron chi connectivity index (χ0n) is 19.7. The Balaban J connectivity index is 1.23. The molecular formula is C26H22N6O4S. The Morgan fingerprint density at radius 3 is 2.70 bits per heavy atom. The van der Waals surface area contributed by atoms with Crippen LogP contribution in [-0.2, 0) is 11.3 Å². The van der Waals surface area contributed by atoms with Gasteiger partial charge in [0.15, 0.2) is 0 Å². The summed E-state index contributed by atoms with van der Waals surface area (Å²) < 4.78 is 5.22. The minimum atomic E-state index is -0.439. The number of methoxy groups -OCH3 is 1. The maximum Gasteiger partial charge on any atom is 0.329 e. The van der Waals surface area contributed by atoms with Crippen LogP contribution in [0.25, 0.3) is 10.6 Å². The van der Waals surface area contributed by atoms with Gasteiger partial charge >= 0.3 is 6.03 Å². The second-order valence-electron chi connectivity index (χ2n) is 8.02. The van der Waals surface area contributed by atoms with E-state index in [0.717, 1.165) is 21.1 Å². The smallest absolute Gasteiger partial charge is 0.329 e. The average molecular weight is 515 g/mol. The normalized spacial score (nSPS) is 12.8. The summed E-state index contributed by atoms with van der Waals surface area (Å²) in [6.07, 6.45) is 1.63. The summed E-state index contributed by atoms with van der Waals surface area (Å²) in [6, 6.07) is 19.3. The van der Waals surface area contributed by atoms with E-state index in [2.05, 4.69) is 25.9 Å². The van der Waals surface area contributed by atoms with Crippen molar-refractivity contribution in [3.8, 4) is 16.3 Å². The highest BCUT2D eigenvalue weighted by Crippen LogP contribution is 2.28. The second-order valence-corrected chi connectivity index (χ2v) is 9.11. The third kappa shape index (κ3) is 5.41. The summed E-state index contributed by atoms with van der Waals surface area (Å²) in [4.78, 5) is 47.7. The highest BCUT2D eigenvalue weighted by Gasteiger charge is 2.29. The number of hydrogen-bond donors (Lipinski definition) is 3. The largest absolute Gasteiger partial charge is 0.497 e. The van der Waals surface area contributed by atoms with Crippen LogP contribution in [0.5, 0.6) is 5.75 Å². The lowest BCUT2D eigenvalue weighted by Crippen LogP contribution is -2.30. The van der Waals surface area contributed by atoms with E-state index in [9.17, 15) is 14.4 Å². The van der Waals surface area contributed by atoms with Crippen molar-refractivity contribution in [2.75, 3.05) is 23.9 Å². The highest BCUT2D eigenvalue weighted by molar-refractivity contribution is 7.17. The van der Waals surface area contributed by atoms with Gasteiger partial charge in [0.05, 0.1) is 34.8 Å². The van der Waals surface area contributed by atoms with Crippen molar-refractivity contribution in [2.24, 2.45) is 0 Å². The fourth-order valence-corrected chi connectivity index (χ4v) is 4.60. The molecule has 0 saturated carbocycles. The standard InChI is InChI=1S/C26H22N6O4S/c1-36-19-4-2-3-16(13-19)14-28-24(34)22-10-9-21(37-22)20-11-12-27-25(31-20)30-17-5-7-18(8-6-17)32-23(33)15-29-26(32)35/h2-13H,14-15H2,1H3,(H,28,34)(H,29,35)(H,27,30,31). The molecule has 3 heterocycles.